The Hall–Kier alpha value is -4.44. The smallest absolute Gasteiger partial charge is 0.333 e. The van der Waals surface area contributed by atoms with E-state index in [1.807, 2.05) is 6.07 Å². The summed E-state index contributed by atoms with van der Waals surface area (Å²) in [5, 5.41) is 0. The van der Waals surface area contributed by atoms with Crippen LogP contribution in [0.15, 0.2) is 54.6 Å². The third-order valence-corrected chi connectivity index (χ3v) is 9.14. The predicted octanol–water partition coefficient (Wildman–Crippen LogP) is 9.12. The van der Waals surface area contributed by atoms with Crippen molar-refractivity contribution in [2.45, 2.75) is 118 Å². The zero-order valence-corrected chi connectivity index (χ0v) is 32.9. The Kier molecular flexibility index (Phi) is 19.6. The molecule has 1 fully saturated rings. The normalized spacial score (nSPS) is 13.0. The molecule has 1 aliphatic rings. The lowest BCUT2D eigenvalue weighted by Crippen LogP contribution is -2.28. The van der Waals surface area contributed by atoms with Gasteiger partial charge >= 0.3 is 23.9 Å². The molecular formula is C44H60O10. The Balaban J connectivity index is 1.80. The van der Waals surface area contributed by atoms with E-state index in [-0.39, 0.29) is 45.4 Å². The van der Waals surface area contributed by atoms with E-state index in [2.05, 4.69) is 56.0 Å². The fourth-order valence-corrected chi connectivity index (χ4v) is 6.23. The molecule has 1 aliphatic heterocycles. The molecule has 10 heteroatoms. The minimum absolute atomic E-state index is 0.102. The molecule has 296 valence electrons. The summed E-state index contributed by atoms with van der Waals surface area (Å²) in [6.07, 6.45) is 12.3. The fourth-order valence-electron chi connectivity index (χ4n) is 6.23. The predicted molar refractivity (Wildman–Crippen MR) is 208 cm³/mol. The molecule has 2 aromatic rings. The Morgan fingerprint density at radius 1 is 0.741 bits per heavy atom. The first-order chi connectivity index (χ1) is 26.0. The van der Waals surface area contributed by atoms with Crippen molar-refractivity contribution in [1.82, 2.24) is 0 Å². The van der Waals surface area contributed by atoms with Gasteiger partial charge in [-0.05, 0) is 105 Å². The summed E-state index contributed by atoms with van der Waals surface area (Å²) in [5.41, 5.74) is 5.53. The maximum atomic E-state index is 12.1. The van der Waals surface area contributed by atoms with Gasteiger partial charge in [-0.15, -0.1) is 0 Å². The lowest BCUT2D eigenvalue weighted by atomic mass is 9.92. The molecule has 0 amide bonds. The third kappa shape index (κ3) is 15.9. The highest BCUT2D eigenvalue weighted by molar-refractivity contribution is 5.88. The number of cyclic esters (lactones) is 2. The summed E-state index contributed by atoms with van der Waals surface area (Å²) in [6, 6.07) is 10.3. The van der Waals surface area contributed by atoms with Crippen LogP contribution in [0.2, 0.25) is 0 Å². The molecule has 54 heavy (non-hydrogen) atoms. The number of unbranched alkanes of at least 4 members (excludes halogenated alkanes) is 7. The first-order valence-corrected chi connectivity index (χ1v) is 19.5. The van der Waals surface area contributed by atoms with E-state index in [1.54, 1.807) is 13.8 Å². The largest absolute Gasteiger partial charge is 0.494 e. The Morgan fingerprint density at radius 3 is 1.83 bits per heavy atom. The third-order valence-electron chi connectivity index (χ3n) is 9.14. The van der Waals surface area contributed by atoms with Gasteiger partial charge in [-0.2, -0.15) is 0 Å². The molecule has 0 radical (unpaired) electrons. The van der Waals surface area contributed by atoms with Gasteiger partial charge in [0, 0.05) is 17.1 Å². The van der Waals surface area contributed by atoms with Crippen LogP contribution in [-0.4, -0.2) is 57.1 Å². The highest BCUT2D eigenvalue weighted by Gasteiger charge is 2.27. The summed E-state index contributed by atoms with van der Waals surface area (Å²) >= 11 is 0. The second-order valence-electron chi connectivity index (χ2n) is 14.2. The molecule has 0 N–H and O–H groups in total. The zero-order chi connectivity index (χ0) is 39.3. The van der Waals surface area contributed by atoms with Crippen LogP contribution in [0.1, 0.15) is 115 Å². The minimum Gasteiger partial charge on any atom is -0.494 e. The number of rotatable bonds is 26. The monoisotopic (exact) mass is 748 g/mol. The summed E-state index contributed by atoms with van der Waals surface area (Å²) in [5.74, 6) is -0.822. The lowest BCUT2D eigenvalue weighted by molar-refractivity contribution is -0.167. The van der Waals surface area contributed by atoms with Crippen LogP contribution in [0.3, 0.4) is 0 Å². The molecule has 0 saturated carbocycles. The van der Waals surface area contributed by atoms with Crippen molar-refractivity contribution in [3.05, 3.63) is 71.3 Å². The number of carbonyl (C=O) groups is 4. The number of hydrogen-bond donors (Lipinski definition) is 0. The number of carbonyl (C=O) groups excluding carboxylic acids is 4. The molecule has 1 heterocycles. The maximum absolute atomic E-state index is 12.1. The molecule has 0 atom stereocenters. The Morgan fingerprint density at radius 2 is 1.30 bits per heavy atom. The van der Waals surface area contributed by atoms with Crippen LogP contribution in [0.5, 0.6) is 11.5 Å². The number of hydrogen-bond acceptors (Lipinski definition) is 10. The number of benzene rings is 2. The standard InChI is InChI=1S/C44H60O10/c1-7-8-9-10-11-12-13-14-21-50-38-19-20-39(33(6)24-38)37-27-35(17-15-22-51-43(47)31(2)3)42(36(28-37)18-16-23-52-44(48)32(4)5)53-30-49-29-34-25-40(45)54-41(46)26-34/h19-20,24,27-28,34H,2,4,7-18,21-23,25-26,29-30H2,1,3,5-6H3. The van der Waals surface area contributed by atoms with Gasteiger partial charge in [-0.25, -0.2) is 9.59 Å². The minimum atomic E-state index is -0.556. The van der Waals surface area contributed by atoms with Crippen molar-refractivity contribution in [2.75, 3.05) is 33.2 Å². The zero-order valence-electron chi connectivity index (χ0n) is 32.9. The summed E-state index contributed by atoms with van der Waals surface area (Å²) in [6.45, 7) is 16.0. The topological polar surface area (TPSA) is 124 Å². The molecule has 10 nitrogen and oxygen atoms in total. The molecule has 0 aromatic heterocycles. The second-order valence-corrected chi connectivity index (χ2v) is 14.2. The van der Waals surface area contributed by atoms with E-state index in [1.165, 1.54) is 44.9 Å². The van der Waals surface area contributed by atoms with Gasteiger partial charge in [-0.1, -0.05) is 71.1 Å². The van der Waals surface area contributed by atoms with Crippen LogP contribution in [0.4, 0.5) is 0 Å². The van der Waals surface area contributed by atoms with Crippen LogP contribution < -0.4 is 9.47 Å². The molecular weight excluding hydrogens is 688 g/mol. The van der Waals surface area contributed by atoms with Crippen LogP contribution >= 0.6 is 0 Å². The second kappa shape index (κ2) is 24.1. The maximum Gasteiger partial charge on any atom is 0.333 e. The SMILES string of the molecule is C=C(C)C(=O)OCCCc1cc(-c2ccc(OCCCCCCCCCC)cc2C)cc(CCCOC(=O)C(=C)C)c1OCOCC1CC(=O)OC(=O)C1. The van der Waals surface area contributed by atoms with Crippen molar-refractivity contribution < 1.29 is 47.6 Å². The van der Waals surface area contributed by atoms with Crippen LogP contribution in [0.25, 0.3) is 11.1 Å². The number of ether oxygens (including phenoxy) is 6. The first kappa shape index (κ1) is 44.0. The molecule has 0 spiro atoms. The number of aryl methyl sites for hydroxylation is 3. The van der Waals surface area contributed by atoms with Gasteiger partial charge in [-0.3, -0.25) is 9.59 Å². The average molecular weight is 749 g/mol. The van der Waals surface area contributed by atoms with Crippen LogP contribution in [0, 0.1) is 12.8 Å². The Bertz CT molecular complexity index is 1500. The molecule has 2 aromatic carbocycles. The molecule has 1 saturated heterocycles. The van der Waals surface area contributed by atoms with Gasteiger partial charge in [0.1, 0.15) is 11.5 Å². The van der Waals surface area contributed by atoms with Crippen molar-refractivity contribution >= 4 is 23.9 Å². The van der Waals surface area contributed by atoms with Crippen LogP contribution in [-0.2, 0) is 51.0 Å². The molecule has 0 aliphatic carbocycles. The molecule has 0 bridgehead atoms. The highest BCUT2D eigenvalue weighted by Crippen LogP contribution is 2.36. The number of esters is 4. The van der Waals surface area contributed by atoms with E-state index in [4.69, 9.17) is 23.7 Å². The fraction of sp³-hybridized carbons (Fsp3) is 0.545. The van der Waals surface area contributed by atoms with Gasteiger partial charge in [0.15, 0.2) is 6.79 Å². The lowest BCUT2D eigenvalue weighted by Gasteiger charge is -2.21. The van der Waals surface area contributed by atoms with Gasteiger partial charge < -0.3 is 28.4 Å². The molecule has 3 rings (SSSR count). The van der Waals surface area contributed by atoms with E-state index >= 15 is 0 Å². The quantitative estimate of drug-likeness (QED) is 0.0230. The van der Waals surface area contributed by atoms with Gasteiger partial charge in [0.05, 0.1) is 39.3 Å². The molecule has 0 unspecified atom stereocenters. The van der Waals surface area contributed by atoms with E-state index in [9.17, 15) is 19.2 Å². The summed E-state index contributed by atoms with van der Waals surface area (Å²) < 4.78 is 33.6. The van der Waals surface area contributed by atoms with Crippen molar-refractivity contribution in [3.63, 3.8) is 0 Å². The Labute approximate surface area is 321 Å². The average Bonchev–Trinajstić information content (AvgIpc) is 3.12. The summed E-state index contributed by atoms with van der Waals surface area (Å²) in [4.78, 5) is 47.6. The van der Waals surface area contributed by atoms with E-state index in [0.717, 1.165) is 40.0 Å². The first-order valence-electron chi connectivity index (χ1n) is 19.5. The van der Waals surface area contributed by atoms with E-state index < -0.39 is 23.9 Å². The summed E-state index contributed by atoms with van der Waals surface area (Å²) in [7, 11) is 0. The van der Waals surface area contributed by atoms with Gasteiger partial charge in [0.2, 0.25) is 0 Å². The van der Waals surface area contributed by atoms with Crippen molar-refractivity contribution in [3.8, 4) is 22.6 Å². The van der Waals surface area contributed by atoms with Crippen molar-refractivity contribution in [1.29, 1.82) is 0 Å². The highest BCUT2D eigenvalue weighted by atomic mass is 16.7. The van der Waals surface area contributed by atoms with Crippen molar-refractivity contribution in [2.24, 2.45) is 5.92 Å². The van der Waals surface area contributed by atoms with E-state index in [0.29, 0.717) is 49.2 Å². The van der Waals surface area contributed by atoms with Gasteiger partial charge in [0.25, 0.3) is 0 Å².